The fraction of sp³-hybridized carbons (Fsp3) is 0.909. The molecule has 0 amide bonds. The van der Waals surface area contributed by atoms with Crippen LogP contribution in [0.1, 0.15) is 32.6 Å². The summed E-state index contributed by atoms with van der Waals surface area (Å²) in [6.07, 6.45) is 4.49. The van der Waals surface area contributed by atoms with E-state index in [0.29, 0.717) is 6.61 Å². The van der Waals surface area contributed by atoms with Crippen molar-refractivity contribution in [3.63, 3.8) is 0 Å². The summed E-state index contributed by atoms with van der Waals surface area (Å²) in [4.78, 5) is 11.9. The molecule has 0 unspecified atom stereocenters. The SMILES string of the molecule is CCOC(=O)[C@H]1CCCC[C@@]12NCCS2. The highest BCUT2D eigenvalue weighted by Gasteiger charge is 2.47. The second-order valence-electron chi connectivity index (χ2n) is 4.22. The highest BCUT2D eigenvalue weighted by molar-refractivity contribution is 8.00. The van der Waals surface area contributed by atoms with E-state index in [1.807, 2.05) is 18.7 Å². The van der Waals surface area contributed by atoms with Crippen molar-refractivity contribution < 1.29 is 9.53 Å². The third-order valence-corrected chi connectivity index (χ3v) is 4.87. The summed E-state index contributed by atoms with van der Waals surface area (Å²) in [6, 6.07) is 0. The molecule has 0 bridgehead atoms. The number of ether oxygens (including phenoxy) is 1. The lowest BCUT2D eigenvalue weighted by atomic mass is 9.83. The van der Waals surface area contributed by atoms with E-state index < -0.39 is 0 Å². The van der Waals surface area contributed by atoms with E-state index in [1.54, 1.807) is 0 Å². The van der Waals surface area contributed by atoms with Crippen LogP contribution in [-0.2, 0) is 9.53 Å². The van der Waals surface area contributed by atoms with Crippen LogP contribution in [0.5, 0.6) is 0 Å². The second kappa shape index (κ2) is 4.74. The fourth-order valence-electron chi connectivity index (χ4n) is 2.63. The van der Waals surface area contributed by atoms with Gasteiger partial charge in [-0.25, -0.2) is 0 Å². The van der Waals surface area contributed by atoms with Crippen LogP contribution < -0.4 is 5.32 Å². The maximum absolute atomic E-state index is 11.9. The van der Waals surface area contributed by atoms with Crippen molar-refractivity contribution in [2.75, 3.05) is 18.9 Å². The first kappa shape index (κ1) is 11.3. The number of esters is 1. The molecule has 4 heteroatoms. The van der Waals surface area contributed by atoms with Crippen LogP contribution in [0.25, 0.3) is 0 Å². The van der Waals surface area contributed by atoms with Crippen molar-refractivity contribution >= 4 is 17.7 Å². The van der Waals surface area contributed by atoms with Crippen LogP contribution in [-0.4, -0.2) is 29.7 Å². The Kier molecular flexibility index (Phi) is 3.57. The molecule has 2 rings (SSSR count). The van der Waals surface area contributed by atoms with Gasteiger partial charge >= 0.3 is 5.97 Å². The standard InChI is InChI=1S/C11H19NO2S/c1-2-14-10(13)9-5-3-4-6-11(9)12-7-8-15-11/h9,12H,2-8H2,1H3/t9-,11+/m1/s1. The summed E-state index contributed by atoms with van der Waals surface area (Å²) in [7, 11) is 0. The van der Waals surface area contributed by atoms with Gasteiger partial charge in [0.25, 0.3) is 0 Å². The quantitative estimate of drug-likeness (QED) is 0.732. The minimum absolute atomic E-state index is 0.000833. The van der Waals surface area contributed by atoms with Crippen molar-refractivity contribution in [2.45, 2.75) is 37.5 Å². The summed E-state index contributed by atoms with van der Waals surface area (Å²) < 4.78 is 5.18. The lowest BCUT2D eigenvalue weighted by molar-refractivity contribution is -0.150. The molecule has 0 aromatic heterocycles. The Morgan fingerprint density at radius 1 is 1.60 bits per heavy atom. The highest BCUT2D eigenvalue weighted by Crippen LogP contribution is 2.45. The molecule has 2 atom stereocenters. The Labute approximate surface area is 95.3 Å². The molecule has 1 aliphatic carbocycles. The van der Waals surface area contributed by atoms with E-state index in [9.17, 15) is 4.79 Å². The molecule has 86 valence electrons. The van der Waals surface area contributed by atoms with Crippen molar-refractivity contribution in [2.24, 2.45) is 5.92 Å². The zero-order chi connectivity index (χ0) is 10.7. The average Bonchev–Trinajstić information content (AvgIpc) is 2.68. The molecule has 3 nitrogen and oxygen atoms in total. The number of thioether (sulfide) groups is 1. The zero-order valence-corrected chi connectivity index (χ0v) is 10.1. The molecule has 1 spiro atoms. The monoisotopic (exact) mass is 229 g/mol. The van der Waals surface area contributed by atoms with Gasteiger partial charge in [0.2, 0.25) is 0 Å². The Morgan fingerprint density at radius 3 is 3.13 bits per heavy atom. The maximum Gasteiger partial charge on any atom is 0.311 e. The Morgan fingerprint density at radius 2 is 2.47 bits per heavy atom. The lowest BCUT2D eigenvalue weighted by Gasteiger charge is -2.39. The molecule has 2 aliphatic rings. The van der Waals surface area contributed by atoms with E-state index >= 15 is 0 Å². The minimum atomic E-state index is -0.000833. The van der Waals surface area contributed by atoms with Crippen LogP contribution in [0.15, 0.2) is 0 Å². The first-order valence-electron chi connectivity index (χ1n) is 5.84. The van der Waals surface area contributed by atoms with E-state index in [0.717, 1.165) is 31.6 Å². The third kappa shape index (κ3) is 2.16. The van der Waals surface area contributed by atoms with Crippen molar-refractivity contribution in [3.8, 4) is 0 Å². The summed E-state index contributed by atoms with van der Waals surface area (Å²) in [5.74, 6) is 1.19. The van der Waals surface area contributed by atoms with Gasteiger partial charge in [-0.15, -0.1) is 11.8 Å². The Balaban J connectivity index is 2.08. The van der Waals surface area contributed by atoms with Gasteiger partial charge in [-0.3, -0.25) is 4.79 Å². The molecule has 1 heterocycles. The number of rotatable bonds is 2. The third-order valence-electron chi connectivity index (χ3n) is 3.31. The molecule has 0 aromatic rings. The normalized spacial score (nSPS) is 35.7. The van der Waals surface area contributed by atoms with Gasteiger partial charge in [0.05, 0.1) is 17.4 Å². The molecule has 2 fully saturated rings. The van der Waals surface area contributed by atoms with Crippen molar-refractivity contribution in [1.29, 1.82) is 0 Å². The average molecular weight is 229 g/mol. The number of carbonyl (C=O) groups is 1. The van der Waals surface area contributed by atoms with Gasteiger partial charge in [0.15, 0.2) is 0 Å². The van der Waals surface area contributed by atoms with Gasteiger partial charge in [-0.1, -0.05) is 12.8 Å². The van der Waals surface area contributed by atoms with Gasteiger partial charge in [0, 0.05) is 12.3 Å². The molecule has 0 radical (unpaired) electrons. The van der Waals surface area contributed by atoms with Gasteiger partial charge in [0.1, 0.15) is 0 Å². The van der Waals surface area contributed by atoms with Gasteiger partial charge in [-0.05, 0) is 19.8 Å². The first-order chi connectivity index (χ1) is 7.28. The smallest absolute Gasteiger partial charge is 0.311 e. The summed E-state index contributed by atoms with van der Waals surface area (Å²) >= 11 is 1.92. The molecule has 1 N–H and O–H groups in total. The van der Waals surface area contributed by atoms with E-state index in [4.69, 9.17) is 4.74 Å². The van der Waals surface area contributed by atoms with Crippen LogP contribution in [0.3, 0.4) is 0 Å². The summed E-state index contributed by atoms with van der Waals surface area (Å²) in [5, 5.41) is 3.52. The Bertz CT molecular complexity index is 239. The number of hydrogen-bond donors (Lipinski definition) is 1. The van der Waals surface area contributed by atoms with E-state index in [2.05, 4.69) is 5.32 Å². The minimum Gasteiger partial charge on any atom is -0.466 e. The molecule has 1 aliphatic heterocycles. The Hall–Kier alpha value is -0.220. The summed E-state index contributed by atoms with van der Waals surface area (Å²) in [6.45, 7) is 3.40. The molecule has 1 saturated heterocycles. The number of nitrogens with one attached hydrogen (secondary N) is 1. The largest absolute Gasteiger partial charge is 0.466 e. The van der Waals surface area contributed by atoms with E-state index in [-0.39, 0.29) is 16.8 Å². The zero-order valence-electron chi connectivity index (χ0n) is 9.25. The van der Waals surface area contributed by atoms with Gasteiger partial charge < -0.3 is 10.1 Å². The number of carbonyl (C=O) groups excluding carboxylic acids is 1. The molecule has 15 heavy (non-hydrogen) atoms. The highest BCUT2D eigenvalue weighted by atomic mass is 32.2. The van der Waals surface area contributed by atoms with Crippen molar-refractivity contribution in [3.05, 3.63) is 0 Å². The van der Waals surface area contributed by atoms with Crippen molar-refractivity contribution in [1.82, 2.24) is 5.32 Å². The van der Waals surface area contributed by atoms with Crippen LogP contribution in [0.4, 0.5) is 0 Å². The maximum atomic E-state index is 11.9. The van der Waals surface area contributed by atoms with Crippen LogP contribution >= 0.6 is 11.8 Å². The predicted octanol–water partition coefficient (Wildman–Crippen LogP) is 1.77. The first-order valence-corrected chi connectivity index (χ1v) is 6.83. The number of hydrogen-bond acceptors (Lipinski definition) is 4. The second-order valence-corrected chi connectivity index (χ2v) is 5.64. The van der Waals surface area contributed by atoms with Gasteiger partial charge in [-0.2, -0.15) is 0 Å². The van der Waals surface area contributed by atoms with E-state index in [1.165, 1.54) is 6.42 Å². The molecular weight excluding hydrogens is 210 g/mol. The topological polar surface area (TPSA) is 38.3 Å². The lowest BCUT2D eigenvalue weighted by Crippen LogP contribution is -2.50. The molecule has 0 aromatic carbocycles. The van der Waals surface area contributed by atoms with Crippen LogP contribution in [0, 0.1) is 5.92 Å². The summed E-state index contributed by atoms with van der Waals surface area (Å²) in [5.41, 5.74) is 0. The molecule has 1 saturated carbocycles. The van der Waals surface area contributed by atoms with Crippen LogP contribution in [0.2, 0.25) is 0 Å². The molecular formula is C11H19NO2S. The predicted molar refractivity (Wildman–Crippen MR) is 61.8 cm³/mol. The fourth-order valence-corrected chi connectivity index (χ4v) is 4.10.